The fourth-order valence-corrected chi connectivity index (χ4v) is 3.38. The second-order valence-electron chi connectivity index (χ2n) is 6.82. The molecule has 2 heterocycles. The van der Waals surface area contributed by atoms with Gasteiger partial charge in [0.1, 0.15) is 18.2 Å². The molecule has 2 aromatic heterocycles. The number of anilines is 1. The van der Waals surface area contributed by atoms with Crippen LogP contribution in [0.1, 0.15) is 18.4 Å². The van der Waals surface area contributed by atoms with Gasteiger partial charge in [-0.3, -0.25) is 9.59 Å². The number of aromatic amines is 1. The van der Waals surface area contributed by atoms with Crippen LogP contribution in [0.5, 0.6) is 0 Å². The largest absolute Gasteiger partial charge is 0.325 e. The van der Waals surface area contributed by atoms with Crippen LogP contribution in [0.2, 0.25) is 0 Å². The van der Waals surface area contributed by atoms with Gasteiger partial charge in [-0.2, -0.15) is 0 Å². The van der Waals surface area contributed by atoms with Crippen molar-refractivity contribution in [3.63, 3.8) is 0 Å². The SMILES string of the molecule is CCc1nc2ccccc2n1CC(=O)Nc1cccc(-c2nc(C)cc(=O)[nH]2)c1. The maximum atomic E-state index is 12.7. The Morgan fingerprint density at radius 2 is 1.93 bits per heavy atom. The number of amides is 1. The Balaban J connectivity index is 1.57. The molecule has 4 rings (SSSR count). The van der Waals surface area contributed by atoms with Gasteiger partial charge in [0.15, 0.2) is 0 Å². The van der Waals surface area contributed by atoms with Crippen LogP contribution in [0.4, 0.5) is 5.69 Å². The molecule has 4 aromatic rings. The summed E-state index contributed by atoms with van der Waals surface area (Å²) >= 11 is 0. The maximum absolute atomic E-state index is 12.7. The molecule has 0 bridgehead atoms. The topological polar surface area (TPSA) is 92.7 Å². The third kappa shape index (κ3) is 3.94. The number of nitrogens with one attached hydrogen (secondary N) is 2. The van der Waals surface area contributed by atoms with Gasteiger partial charge in [0.05, 0.1) is 11.0 Å². The predicted octanol–water partition coefficient (Wildman–Crippen LogP) is 3.30. The minimum Gasteiger partial charge on any atom is -0.325 e. The van der Waals surface area contributed by atoms with E-state index in [4.69, 9.17) is 0 Å². The third-order valence-electron chi connectivity index (χ3n) is 4.64. The van der Waals surface area contributed by atoms with E-state index in [1.807, 2.05) is 54.0 Å². The molecule has 7 nitrogen and oxygen atoms in total. The normalized spacial score (nSPS) is 11.0. The number of hydrogen-bond acceptors (Lipinski definition) is 4. The second kappa shape index (κ2) is 7.71. The molecule has 0 aliphatic rings. The fourth-order valence-electron chi connectivity index (χ4n) is 3.38. The molecule has 0 spiro atoms. The van der Waals surface area contributed by atoms with Crippen molar-refractivity contribution in [2.75, 3.05) is 5.32 Å². The van der Waals surface area contributed by atoms with E-state index in [9.17, 15) is 9.59 Å². The van der Waals surface area contributed by atoms with Gasteiger partial charge in [0.25, 0.3) is 5.56 Å². The van der Waals surface area contributed by atoms with Gasteiger partial charge >= 0.3 is 0 Å². The third-order valence-corrected chi connectivity index (χ3v) is 4.64. The molecule has 0 saturated carbocycles. The van der Waals surface area contributed by atoms with Gasteiger partial charge in [0, 0.05) is 29.4 Å². The zero-order valence-corrected chi connectivity index (χ0v) is 16.3. The summed E-state index contributed by atoms with van der Waals surface area (Å²) in [5, 5.41) is 2.93. The lowest BCUT2D eigenvalue weighted by Gasteiger charge is -2.10. The zero-order chi connectivity index (χ0) is 20.4. The molecule has 0 atom stereocenters. The zero-order valence-electron chi connectivity index (χ0n) is 16.3. The molecular weight excluding hydrogens is 366 g/mol. The number of hydrogen-bond donors (Lipinski definition) is 2. The first-order valence-electron chi connectivity index (χ1n) is 9.46. The van der Waals surface area contributed by atoms with Crippen LogP contribution in [0.25, 0.3) is 22.4 Å². The number of imidazole rings is 1. The van der Waals surface area contributed by atoms with Crippen molar-refractivity contribution in [3.8, 4) is 11.4 Å². The van der Waals surface area contributed by atoms with Gasteiger partial charge in [-0.05, 0) is 31.2 Å². The van der Waals surface area contributed by atoms with Crippen LogP contribution >= 0.6 is 0 Å². The Morgan fingerprint density at radius 1 is 1.10 bits per heavy atom. The highest BCUT2D eigenvalue weighted by atomic mass is 16.2. The van der Waals surface area contributed by atoms with Crippen LogP contribution in [0, 0.1) is 6.92 Å². The number of aryl methyl sites for hydroxylation is 2. The van der Waals surface area contributed by atoms with E-state index in [2.05, 4.69) is 20.3 Å². The molecule has 0 radical (unpaired) electrons. The lowest BCUT2D eigenvalue weighted by Crippen LogP contribution is -2.20. The van der Waals surface area contributed by atoms with Gasteiger partial charge in [-0.15, -0.1) is 0 Å². The highest BCUT2D eigenvalue weighted by Gasteiger charge is 2.13. The van der Waals surface area contributed by atoms with Gasteiger partial charge in [-0.1, -0.05) is 31.2 Å². The average molecular weight is 387 g/mol. The summed E-state index contributed by atoms with van der Waals surface area (Å²) in [4.78, 5) is 36.1. The Morgan fingerprint density at radius 3 is 2.72 bits per heavy atom. The number of carbonyl (C=O) groups excluding carboxylic acids is 1. The smallest absolute Gasteiger partial charge is 0.251 e. The van der Waals surface area contributed by atoms with Crippen LogP contribution in [0.15, 0.2) is 59.4 Å². The summed E-state index contributed by atoms with van der Waals surface area (Å²) in [7, 11) is 0. The molecule has 0 saturated heterocycles. The Bertz CT molecular complexity index is 1260. The van der Waals surface area contributed by atoms with Crippen LogP contribution in [0.3, 0.4) is 0 Å². The molecule has 2 N–H and O–H groups in total. The Kier molecular flexibility index (Phi) is 4.95. The summed E-state index contributed by atoms with van der Waals surface area (Å²) in [5.41, 5.74) is 3.62. The number of para-hydroxylation sites is 2. The molecule has 0 aliphatic carbocycles. The molecule has 29 heavy (non-hydrogen) atoms. The molecule has 0 fully saturated rings. The predicted molar refractivity (Wildman–Crippen MR) is 113 cm³/mol. The minimum absolute atomic E-state index is 0.148. The number of benzene rings is 2. The van der Waals surface area contributed by atoms with Crippen molar-refractivity contribution in [1.82, 2.24) is 19.5 Å². The first-order valence-corrected chi connectivity index (χ1v) is 9.46. The number of H-pyrrole nitrogens is 1. The van der Waals surface area contributed by atoms with Crippen molar-refractivity contribution in [3.05, 3.63) is 76.5 Å². The quantitative estimate of drug-likeness (QED) is 0.550. The van der Waals surface area contributed by atoms with Crippen molar-refractivity contribution < 1.29 is 4.79 Å². The number of fused-ring (bicyclic) bond motifs is 1. The summed E-state index contributed by atoms with van der Waals surface area (Å²) in [5.74, 6) is 1.20. The molecule has 1 amide bonds. The number of aromatic nitrogens is 4. The number of nitrogens with zero attached hydrogens (tertiary/aromatic N) is 3. The summed E-state index contributed by atoms with van der Waals surface area (Å²) in [6.07, 6.45) is 0.740. The highest BCUT2D eigenvalue weighted by molar-refractivity contribution is 5.92. The first-order chi connectivity index (χ1) is 14.0. The van der Waals surface area contributed by atoms with Crippen LogP contribution < -0.4 is 10.9 Å². The number of carbonyl (C=O) groups is 1. The van der Waals surface area contributed by atoms with E-state index >= 15 is 0 Å². The van der Waals surface area contributed by atoms with Crippen LogP contribution in [-0.2, 0) is 17.8 Å². The van der Waals surface area contributed by atoms with Gasteiger partial charge in [0.2, 0.25) is 5.91 Å². The number of rotatable bonds is 5. The lowest BCUT2D eigenvalue weighted by molar-refractivity contribution is -0.116. The molecule has 146 valence electrons. The molecule has 0 aliphatic heterocycles. The maximum Gasteiger partial charge on any atom is 0.251 e. The lowest BCUT2D eigenvalue weighted by atomic mass is 10.2. The van der Waals surface area contributed by atoms with Gasteiger partial charge in [-0.25, -0.2) is 9.97 Å². The van der Waals surface area contributed by atoms with Crippen molar-refractivity contribution >= 4 is 22.6 Å². The Labute approximate surface area is 167 Å². The standard InChI is InChI=1S/C22H21N5O2/c1-3-19-25-17-9-4-5-10-18(17)27(19)13-21(29)24-16-8-6-7-15(12-16)22-23-14(2)11-20(28)26-22/h4-12H,3,13H2,1-2H3,(H,24,29)(H,23,26,28). The molecule has 7 heteroatoms. The van der Waals surface area contributed by atoms with Gasteiger partial charge < -0.3 is 14.9 Å². The Hall–Kier alpha value is -3.74. The summed E-state index contributed by atoms with van der Waals surface area (Å²) < 4.78 is 1.94. The van der Waals surface area contributed by atoms with Crippen molar-refractivity contribution in [2.45, 2.75) is 26.8 Å². The summed E-state index contributed by atoms with van der Waals surface area (Å²) in [6, 6.07) is 16.5. The van der Waals surface area contributed by atoms with Crippen molar-refractivity contribution in [2.24, 2.45) is 0 Å². The molecular formula is C22H21N5O2. The minimum atomic E-state index is -0.207. The van der Waals surface area contributed by atoms with E-state index in [1.165, 1.54) is 6.07 Å². The fraction of sp³-hybridized carbons (Fsp3) is 0.182. The van der Waals surface area contributed by atoms with E-state index in [0.29, 0.717) is 17.2 Å². The second-order valence-corrected chi connectivity index (χ2v) is 6.82. The highest BCUT2D eigenvalue weighted by Crippen LogP contribution is 2.20. The molecule has 0 unspecified atom stereocenters. The van der Waals surface area contributed by atoms with E-state index in [1.54, 1.807) is 13.0 Å². The molecule has 2 aromatic carbocycles. The first kappa shape index (κ1) is 18.6. The summed E-state index contributed by atoms with van der Waals surface area (Å²) in [6.45, 7) is 3.97. The van der Waals surface area contributed by atoms with E-state index < -0.39 is 0 Å². The van der Waals surface area contributed by atoms with Crippen molar-refractivity contribution in [1.29, 1.82) is 0 Å². The van der Waals surface area contributed by atoms with E-state index in [0.717, 1.165) is 28.8 Å². The van der Waals surface area contributed by atoms with E-state index in [-0.39, 0.29) is 18.0 Å². The average Bonchev–Trinajstić information content (AvgIpc) is 3.05. The monoisotopic (exact) mass is 387 g/mol. The van der Waals surface area contributed by atoms with Crippen LogP contribution in [-0.4, -0.2) is 25.4 Å².